The van der Waals surface area contributed by atoms with Gasteiger partial charge in [-0.3, -0.25) is 4.79 Å². The van der Waals surface area contributed by atoms with E-state index in [0.29, 0.717) is 5.56 Å². The lowest BCUT2D eigenvalue weighted by Crippen LogP contribution is -2.01. The number of benzene rings is 2. The third kappa shape index (κ3) is 2.18. The Balaban J connectivity index is 2.43. The second kappa shape index (κ2) is 4.49. The van der Waals surface area contributed by atoms with Crippen LogP contribution in [0.5, 0.6) is 11.5 Å². The van der Waals surface area contributed by atoms with Crippen LogP contribution < -0.4 is 0 Å². The van der Waals surface area contributed by atoms with Crippen molar-refractivity contribution in [3.8, 4) is 11.5 Å². The molecule has 0 bridgehead atoms. The largest absolute Gasteiger partial charge is 0.504 e. The highest BCUT2D eigenvalue weighted by molar-refractivity contribution is 6.09. The van der Waals surface area contributed by atoms with Crippen molar-refractivity contribution in [3.63, 3.8) is 0 Å². The minimum atomic E-state index is -1.02. The fourth-order valence-electron chi connectivity index (χ4n) is 1.59. The Labute approximate surface area is 103 Å². The number of phenolic OH excluding ortho intramolecular Hbond substituents is 2. The second-order valence-corrected chi connectivity index (χ2v) is 4.02. The average Bonchev–Trinajstić information content (AvgIpc) is 2.35. The van der Waals surface area contributed by atoms with Crippen molar-refractivity contribution in [2.75, 3.05) is 0 Å². The molecule has 2 aromatic rings. The van der Waals surface area contributed by atoms with Crippen LogP contribution >= 0.6 is 0 Å². The van der Waals surface area contributed by atoms with E-state index >= 15 is 0 Å². The number of halogens is 1. The molecule has 18 heavy (non-hydrogen) atoms. The molecule has 0 aromatic heterocycles. The van der Waals surface area contributed by atoms with Gasteiger partial charge in [0.05, 0.1) is 0 Å². The van der Waals surface area contributed by atoms with E-state index in [9.17, 15) is 14.3 Å². The molecule has 0 heterocycles. The summed E-state index contributed by atoms with van der Waals surface area (Å²) in [5.74, 6) is -2.93. The highest BCUT2D eigenvalue weighted by Gasteiger charge is 2.15. The molecule has 0 aliphatic heterocycles. The van der Waals surface area contributed by atoms with Crippen LogP contribution in [-0.2, 0) is 0 Å². The van der Waals surface area contributed by atoms with Crippen molar-refractivity contribution in [1.29, 1.82) is 0 Å². The van der Waals surface area contributed by atoms with Crippen molar-refractivity contribution in [1.82, 2.24) is 0 Å². The fourth-order valence-corrected chi connectivity index (χ4v) is 1.59. The van der Waals surface area contributed by atoms with Gasteiger partial charge in [0.1, 0.15) is 0 Å². The number of aryl methyl sites for hydroxylation is 1. The fraction of sp³-hybridized carbons (Fsp3) is 0.0714. The molecule has 0 radical (unpaired) electrons. The van der Waals surface area contributed by atoms with E-state index in [-0.39, 0.29) is 5.56 Å². The van der Waals surface area contributed by atoms with Crippen LogP contribution in [0.1, 0.15) is 21.5 Å². The van der Waals surface area contributed by atoms with Crippen LogP contribution in [0.4, 0.5) is 4.39 Å². The zero-order valence-corrected chi connectivity index (χ0v) is 9.64. The first-order chi connectivity index (χ1) is 8.49. The first-order valence-corrected chi connectivity index (χ1v) is 5.32. The Morgan fingerprint density at radius 3 is 2.22 bits per heavy atom. The Bertz CT molecular complexity index is 580. The van der Waals surface area contributed by atoms with Crippen LogP contribution in [0.2, 0.25) is 0 Å². The smallest absolute Gasteiger partial charge is 0.194 e. The molecule has 0 saturated carbocycles. The first-order valence-electron chi connectivity index (χ1n) is 5.32. The molecule has 3 nitrogen and oxygen atoms in total. The number of rotatable bonds is 2. The SMILES string of the molecule is Cc1ccc(C(=O)c2cc(O)c(O)c(F)c2)cc1. The molecule has 2 N–H and O–H groups in total. The molecule has 0 atom stereocenters. The van der Waals surface area contributed by atoms with Crippen LogP contribution in [0.25, 0.3) is 0 Å². The lowest BCUT2D eigenvalue weighted by atomic mass is 10.0. The Kier molecular flexibility index (Phi) is 3.02. The summed E-state index contributed by atoms with van der Waals surface area (Å²) in [4.78, 5) is 12.0. The molecule has 0 aliphatic rings. The third-order valence-electron chi connectivity index (χ3n) is 2.62. The average molecular weight is 246 g/mol. The summed E-state index contributed by atoms with van der Waals surface area (Å²) in [5.41, 5.74) is 1.39. The predicted molar refractivity (Wildman–Crippen MR) is 64.3 cm³/mol. The van der Waals surface area contributed by atoms with Crippen LogP contribution in [0.15, 0.2) is 36.4 Å². The number of hydrogen-bond donors (Lipinski definition) is 2. The van der Waals surface area contributed by atoms with E-state index in [4.69, 9.17) is 5.11 Å². The van der Waals surface area contributed by atoms with Gasteiger partial charge >= 0.3 is 0 Å². The van der Waals surface area contributed by atoms with Crippen molar-refractivity contribution in [2.45, 2.75) is 6.92 Å². The van der Waals surface area contributed by atoms with Crippen LogP contribution in [0.3, 0.4) is 0 Å². The first kappa shape index (κ1) is 12.1. The molecule has 0 unspecified atom stereocenters. The molecule has 0 saturated heterocycles. The van der Waals surface area contributed by atoms with Gasteiger partial charge in [0.2, 0.25) is 0 Å². The van der Waals surface area contributed by atoms with Crippen molar-refractivity contribution < 1.29 is 19.4 Å². The van der Waals surface area contributed by atoms with Gasteiger partial charge in [-0.2, -0.15) is 0 Å². The molecule has 4 heteroatoms. The standard InChI is InChI=1S/C14H11FO3/c1-8-2-4-9(5-3-8)13(17)10-6-11(15)14(18)12(16)7-10/h2-7,16,18H,1H3. The maximum Gasteiger partial charge on any atom is 0.194 e. The topological polar surface area (TPSA) is 57.5 Å². The normalized spacial score (nSPS) is 10.3. The van der Waals surface area contributed by atoms with Gasteiger partial charge in [0.25, 0.3) is 0 Å². The number of ketones is 1. The monoisotopic (exact) mass is 246 g/mol. The van der Waals surface area contributed by atoms with Gasteiger partial charge in [0, 0.05) is 11.1 Å². The van der Waals surface area contributed by atoms with E-state index in [0.717, 1.165) is 17.7 Å². The number of aromatic hydroxyl groups is 2. The summed E-state index contributed by atoms with van der Waals surface area (Å²) in [6, 6.07) is 8.73. The second-order valence-electron chi connectivity index (χ2n) is 4.02. The van der Waals surface area contributed by atoms with Gasteiger partial charge in [-0.25, -0.2) is 4.39 Å². The van der Waals surface area contributed by atoms with Gasteiger partial charge in [-0.1, -0.05) is 29.8 Å². The summed E-state index contributed by atoms with van der Waals surface area (Å²) in [6.45, 7) is 1.89. The molecule has 0 fully saturated rings. The van der Waals surface area contributed by atoms with Gasteiger partial charge in [-0.05, 0) is 19.1 Å². The van der Waals surface area contributed by atoms with Crippen LogP contribution in [0, 0.1) is 12.7 Å². The zero-order chi connectivity index (χ0) is 13.3. The van der Waals surface area contributed by atoms with Crippen molar-refractivity contribution in [2.24, 2.45) is 0 Å². The summed E-state index contributed by atoms with van der Waals surface area (Å²) in [6.07, 6.45) is 0. The third-order valence-corrected chi connectivity index (χ3v) is 2.62. The maximum atomic E-state index is 13.2. The molecule has 0 spiro atoms. The zero-order valence-electron chi connectivity index (χ0n) is 9.64. The number of phenols is 2. The van der Waals surface area contributed by atoms with Crippen molar-refractivity contribution >= 4 is 5.78 Å². The summed E-state index contributed by atoms with van der Waals surface area (Å²) >= 11 is 0. The minimum absolute atomic E-state index is 0.00773. The molecular formula is C14H11FO3. The number of carbonyl (C=O) groups excluding carboxylic acids is 1. The minimum Gasteiger partial charge on any atom is -0.504 e. The van der Waals surface area contributed by atoms with Gasteiger partial charge < -0.3 is 10.2 Å². The lowest BCUT2D eigenvalue weighted by molar-refractivity contribution is 0.103. The summed E-state index contributed by atoms with van der Waals surface area (Å²) < 4.78 is 13.2. The summed E-state index contributed by atoms with van der Waals surface area (Å²) in [5, 5.41) is 18.4. The van der Waals surface area contributed by atoms with E-state index in [1.807, 2.05) is 6.92 Å². The van der Waals surface area contributed by atoms with E-state index in [1.54, 1.807) is 24.3 Å². The highest BCUT2D eigenvalue weighted by Crippen LogP contribution is 2.29. The number of hydrogen-bond acceptors (Lipinski definition) is 3. The van der Waals surface area contributed by atoms with Crippen LogP contribution in [-0.4, -0.2) is 16.0 Å². The van der Waals surface area contributed by atoms with E-state index in [1.165, 1.54) is 0 Å². The lowest BCUT2D eigenvalue weighted by Gasteiger charge is -2.05. The van der Waals surface area contributed by atoms with Crippen molar-refractivity contribution in [3.05, 3.63) is 58.9 Å². The Morgan fingerprint density at radius 1 is 1.06 bits per heavy atom. The maximum absolute atomic E-state index is 13.2. The molecule has 2 rings (SSSR count). The number of carbonyl (C=O) groups is 1. The van der Waals surface area contributed by atoms with E-state index in [2.05, 4.69) is 0 Å². The summed E-state index contributed by atoms with van der Waals surface area (Å²) in [7, 11) is 0. The van der Waals surface area contributed by atoms with Gasteiger partial charge in [-0.15, -0.1) is 0 Å². The van der Waals surface area contributed by atoms with Gasteiger partial charge in [0.15, 0.2) is 23.1 Å². The molecule has 0 amide bonds. The molecule has 92 valence electrons. The Hall–Kier alpha value is -2.36. The molecule has 2 aromatic carbocycles. The Morgan fingerprint density at radius 2 is 1.67 bits per heavy atom. The van der Waals surface area contributed by atoms with E-state index < -0.39 is 23.1 Å². The predicted octanol–water partition coefficient (Wildman–Crippen LogP) is 2.78. The highest BCUT2D eigenvalue weighted by atomic mass is 19.1. The molecule has 0 aliphatic carbocycles. The quantitative estimate of drug-likeness (QED) is 0.632. The molecular weight excluding hydrogens is 235 g/mol.